The number of thioether (sulfide) groups is 1. The molecule has 12 heteroatoms. The number of carbonyl (C=O) groups is 3. The molecule has 3 aromatic rings. The summed E-state index contributed by atoms with van der Waals surface area (Å²) in [6.07, 6.45) is 1.62. The SMILES string of the molecule is CCOC(=O)[C@H]1N=C(SC)[C@@]2(n3[nH]c(=O)n(-c4ccccc4)c3=O)C(=O)N(c3ccccc3)C(=O)[C@@H]12. The molecule has 3 atom stereocenters. The minimum atomic E-state index is -2.07. The van der Waals surface area contributed by atoms with Crippen molar-refractivity contribution in [1.82, 2.24) is 14.3 Å². The molecule has 1 aromatic heterocycles. The second-order valence-corrected chi connectivity index (χ2v) is 8.89. The highest BCUT2D eigenvalue weighted by Crippen LogP contribution is 2.48. The van der Waals surface area contributed by atoms with Crippen molar-refractivity contribution in [2.75, 3.05) is 17.8 Å². The number of nitrogens with zero attached hydrogens (tertiary/aromatic N) is 4. The lowest BCUT2D eigenvalue weighted by Crippen LogP contribution is -2.55. The maximum Gasteiger partial charge on any atom is 0.353 e. The minimum absolute atomic E-state index is 0.0326. The maximum absolute atomic E-state index is 14.2. The van der Waals surface area contributed by atoms with E-state index in [0.717, 1.165) is 25.9 Å². The van der Waals surface area contributed by atoms with Gasteiger partial charge in [-0.25, -0.2) is 33.6 Å². The lowest BCUT2D eigenvalue weighted by atomic mass is 9.84. The third kappa shape index (κ3) is 3.14. The molecule has 5 rings (SSSR count). The van der Waals surface area contributed by atoms with Crippen LogP contribution in [0, 0.1) is 5.92 Å². The van der Waals surface area contributed by atoms with E-state index in [-0.39, 0.29) is 23.0 Å². The maximum atomic E-state index is 14.2. The number of hydrogen-bond donors (Lipinski definition) is 1. The van der Waals surface area contributed by atoms with Crippen LogP contribution in [0.3, 0.4) is 0 Å². The molecule has 0 aliphatic carbocycles. The summed E-state index contributed by atoms with van der Waals surface area (Å²) < 4.78 is 6.86. The number of aromatic nitrogens is 3. The normalized spacial score (nSPS) is 23.1. The van der Waals surface area contributed by atoms with Gasteiger partial charge in [-0.3, -0.25) is 14.6 Å². The van der Waals surface area contributed by atoms with Crippen molar-refractivity contribution in [3.05, 3.63) is 81.6 Å². The summed E-state index contributed by atoms with van der Waals surface area (Å²) >= 11 is 1.02. The van der Waals surface area contributed by atoms with Gasteiger partial charge in [0.15, 0.2) is 6.04 Å². The quantitative estimate of drug-likeness (QED) is 0.401. The smallest absolute Gasteiger partial charge is 0.353 e. The number of anilines is 1. The highest BCUT2D eigenvalue weighted by molar-refractivity contribution is 8.13. The monoisotopic (exact) mass is 507 g/mol. The van der Waals surface area contributed by atoms with E-state index in [4.69, 9.17) is 4.74 Å². The number of esters is 1. The third-order valence-corrected chi connectivity index (χ3v) is 7.06. The third-order valence-electron chi connectivity index (χ3n) is 6.26. The number of amides is 2. The van der Waals surface area contributed by atoms with Gasteiger partial charge in [-0.15, -0.1) is 11.8 Å². The Kier molecular flexibility index (Phi) is 5.75. The summed E-state index contributed by atoms with van der Waals surface area (Å²) in [4.78, 5) is 73.0. The lowest BCUT2D eigenvalue weighted by Gasteiger charge is -2.27. The fourth-order valence-corrected chi connectivity index (χ4v) is 5.65. The fraction of sp³-hybridized carbons (Fsp3) is 0.250. The standard InChI is InChI=1S/C24H21N5O6S/c1-3-35-19(31)17-16-18(30)27(14-10-6-4-7-11-14)21(32)24(16,20(25-17)36-2)29-23(34)28(22(33)26-29)15-12-8-5-9-13-15/h4-13,16-17H,3H2,1-2H3,(H,26,33)/t16-,17+,24-/m1/s1. The van der Waals surface area contributed by atoms with E-state index in [1.54, 1.807) is 73.8 Å². The van der Waals surface area contributed by atoms with Crippen molar-refractivity contribution >= 4 is 40.3 Å². The number of H-pyrrole nitrogens is 1. The van der Waals surface area contributed by atoms with E-state index in [2.05, 4.69) is 10.1 Å². The van der Waals surface area contributed by atoms with Gasteiger partial charge >= 0.3 is 17.3 Å². The van der Waals surface area contributed by atoms with Crippen molar-refractivity contribution in [2.45, 2.75) is 18.5 Å². The van der Waals surface area contributed by atoms with Crippen molar-refractivity contribution in [1.29, 1.82) is 0 Å². The number of nitrogens with one attached hydrogen (secondary N) is 1. The molecule has 2 aliphatic heterocycles. The van der Waals surface area contributed by atoms with E-state index < -0.39 is 46.7 Å². The molecule has 1 saturated heterocycles. The first-order valence-electron chi connectivity index (χ1n) is 11.1. The summed E-state index contributed by atoms with van der Waals surface area (Å²) in [5.74, 6) is -3.76. The topological polar surface area (TPSA) is 136 Å². The van der Waals surface area contributed by atoms with Gasteiger partial charge in [-0.2, -0.15) is 0 Å². The highest BCUT2D eigenvalue weighted by atomic mass is 32.2. The highest BCUT2D eigenvalue weighted by Gasteiger charge is 2.72. The Bertz CT molecular complexity index is 1510. The van der Waals surface area contributed by atoms with E-state index in [0.29, 0.717) is 0 Å². The first kappa shape index (κ1) is 23.5. The Balaban J connectivity index is 1.79. The number of para-hydroxylation sites is 2. The van der Waals surface area contributed by atoms with Crippen LogP contribution in [0.2, 0.25) is 0 Å². The molecule has 11 nitrogen and oxygen atoms in total. The van der Waals surface area contributed by atoms with Crippen LogP contribution in [0.5, 0.6) is 0 Å². The first-order valence-corrected chi connectivity index (χ1v) is 12.3. The Morgan fingerprint density at radius 2 is 1.64 bits per heavy atom. The van der Waals surface area contributed by atoms with E-state index >= 15 is 0 Å². The van der Waals surface area contributed by atoms with Crippen LogP contribution in [0.25, 0.3) is 5.69 Å². The predicted octanol–water partition coefficient (Wildman–Crippen LogP) is 0.919. The summed E-state index contributed by atoms with van der Waals surface area (Å²) in [5.41, 5.74) is -3.21. The molecule has 1 fully saturated rings. The zero-order chi connectivity index (χ0) is 25.6. The first-order chi connectivity index (χ1) is 17.4. The van der Waals surface area contributed by atoms with Crippen LogP contribution < -0.4 is 16.3 Å². The minimum Gasteiger partial charge on any atom is -0.464 e. The molecule has 36 heavy (non-hydrogen) atoms. The summed E-state index contributed by atoms with van der Waals surface area (Å²) in [6.45, 7) is 1.64. The van der Waals surface area contributed by atoms with Crippen LogP contribution in [-0.4, -0.2) is 56.1 Å². The molecule has 3 heterocycles. The molecule has 0 bridgehead atoms. The second kappa shape index (κ2) is 8.79. The lowest BCUT2D eigenvalue weighted by molar-refractivity contribution is -0.147. The summed E-state index contributed by atoms with van der Waals surface area (Å²) in [6, 6.07) is 15.0. The molecular formula is C24H21N5O6S. The number of ether oxygens (including phenoxy) is 1. The van der Waals surface area contributed by atoms with Gasteiger partial charge in [-0.05, 0) is 37.4 Å². The number of hydrogen-bond acceptors (Lipinski definition) is 8. The van der Waals surface area contributed by atoms with Gasteiger partial charge in [0, 0.05) is 0 Å². The van der Waals surface area contributed by atoms with Gasteiger partial charge in [-0.1, -0.05) is 36.4 Å². The van der Waals surface area contributed by atoms with Gasteiger partial charge in [0.1, 0.15) is 11.0 Å². The van der Waals surface area contributed by atoms with Crippen molar-refractivity contribution < 1.29 is 19.1 Å². The zero-order valence-corrected chi connectivity index (χ0v) is 20.1. The van der Waals surface area contributed by atoms with Gasteiger partial charge in [0.05, 0.1) is 18.0 Å². The van der Waals surface area contributed by atoms with Crippen molar-refractivity contribution in [3.8, 4) is 5.69 Å². The largest absolute Gasteiger partial charge is 0.464 e. The summed E-state index contributed by atoms with van der Waals surface area (Å²) in [7, 11) is 0. The Labute approximate surface area is 208 Å². The molecule has 0 unspecified atom stereocenters. The number of fused-ring (bicyclic) bond motifs is 1. The van der Waals surface area contributed by atoms with Crippen LogP contribution >= 0.6 is 11.8 Å². The van der Waals surface area contributed by atoms with E-state index in [1.807, 2.05) is 0 Å². The number of imide groups is 1. The second-order valence-electron chi connectivity index (χ2n) is 8.10. The molecule has 0 radical (unpaired) electrons. The van der Waals surface area contributed by atoms with Gasteiger partial charge in [0.2, 0.25) is 11.4 Å². The number of aromatic amines is 1. The molecule has 2 amide bonds. The number of aliphatic imine (C=N–C) groups is 1. The average Bonchev–Trinajstić information content (AvgIpc) is 3.46. The number of benzene rings is 2. The molecular weight excluding hydrogens is 486 g/mol. The molecule has 1 N–H and O–H groups in total. The molecule has 184 valence electrons. The Morgan fingerprint density at radius 1 is 1.03 bits per heavy atom. The van der Waals surface area contributed by atoms with E-state index in [1.165, 1.54) is 0 Å². The molecule has 2 aromatic carbocycles. The molecule has 0 saturated carbocycles. The Hall–Kier alpha value is -4.19. The average molecular weight is 508 g/mol. The van der Waals surface area contributed by atoms with Crippen molar-refractivity contribution in [3.63, 3.8) is 0 Å². The van der Waals surface area contributed by atoms with Crippen LogP contribution in [0.15, 0.2) is 75.2 Å². The van der Waals surface area contributed by atoms with Crippen LogP contribution in [0.4, 0.5) is 5.69 Å². The molecule has 2 aliphatic rings. The van der Waals surface area contributed by atoms with Gasteiger partial charge < -0.3 is 4.74 Å². The van der Waals surface area contributed by atoms with Gasteiger partial charge in [0.25, 0.3) is 5.91 Å². The predicted molar refractivity (Wildman–Crippen MR) is 132 cm³/mol. The summed E-state index contributed by atoms with van der Waals surface area (Å²) in [5, 5.41) is 2.51. The fourth-order valence-electron chi connectivity index (χ4n) is 4.81. The number of rotatable bonds is 5. The zero-order valence-electron chi connectivity index (χ0n) is 19.3. The van der Waals surface area contributed by atoms with Crippen molar-refractivity contribution in [2.24, 2.45) is 10.9 Å². The Morgan fingerprint density at radius 3 is 2.22 bits per heavy atom. The molecule has 0 spiro atoms. The number of carbonyl (C=O) groups excluding carboxylic acids is 3. The van der Waals surface area contributed by atoms with Crippen LogP contribution in [-0.2, 0) is 24.7 Å². The van der Waals surface area contributed by atoms with Crippen LogP contribution in [0.1, 0.15) is 6.92 Å². The van der Waals surface area contributed by atoms with E-state index in [9.17, 15) is 24.0 Å².